The van der Waals surface area contributed by atoms with Crippen molar-refractivity contribution in [1.29, 1.82) is 0 Å². The number of halogens is 2. The van der Waals surface area contributed by atoms with E-state index in [1.165, 1.54) is 0 Å². The molecule has 0 saturated carbocycles. The van der Waals surface area contributed by atoms with Gasteiger partial charge in [-0.3, -0.25) is 4.79 Å². The lowest BCUT2D eigenvalue weighted by Crippen LogP contribution is -2.62. The molecule has 3 N–H and O–H groups in total. The average molecular weight is 397 g/mol. The molecule has 1 fully saturated rings. The zero-order valence-corrected chi connectivity index (χ0v) is 14.5. The molecule has 2 aromatic carbocycles. The Morgan fingerprint density at radius 1 is 1.46 bits per heavy atom. The third-order valence-corrected chi connectivity index (χ3v) is 4.81. The molecule has 1 atom stereocenters. The summed E-state index contributed by atoms with van der Waals surface area (Å²) in [5.41, 5.74) is -0.785. The van der Waals surface area contributed by atoms with Gasteiger partial charge in [0.05, 0.1) is 30.9 Å². The molecule has 1 aliphatic heterocycles. The number of morpholine rings is 1. The van der Waals surface area contributed by atoms with Crippen molar-refractivity contribution in [1.82, 2.24) is 10.6 Å². The van der Waals surface area contributed by atoms with E-state index < -0.39 is 17.3 Å². The topological polar surface area (TPSA) is 70.6 Å². The molecule has 2 aromatic rings. The van der Waals surface area contributed by atoms with Crippen molar-refractivity contribution in [2.24, 2.45) is 0 Å². The van der Waals surface area contributed by atoms with Gasteiger partial charge in [-0.05, 0) is 27.4 Å². The van der Waals surface area contributed by atoms with Gasteiger partial charge in [-0.25, -0.2) is 4.39 Å². The van der Waals surface area contributed by atoms with E-state index in [-0.39, 0.29) is 25.3 Å². The molecule has 0 aliphatic carbocycles. The van der Waals surface area contributed by atoms with E-state index in [1.807, 2.05) is 6.07 Å². The molecular weight excluding hydrogens is 379 g/mol. The smallest absolute Gasteiger partial charge is 0.255 e. The van der Waals surface area contributed by atoms with Crippen LogP contribution in [0.5, 0.6) is 0 Å². The van der Waals surface area contributed by atoms with Crippen molar-refractivity contribution in [2.45, 2.75) is 5.54 Å². The quantitative estimate of drug-likeness (QED) is 0.737. The summed E-state index contributed by atoms with van der Waals surface area (Å²) in [5.74, 6) is -1.10. The first kappa shape index (κ1) is 17.3. The summed E-state index contributed by atoms with van der Waals surface area (Å²) >= 11 is 3.27. The van der Waals surface area contributed by atoms with Crippen LogP contribution in [-0.2, 0) is 4.74 Å². The number of nitrogens with one attached hydrogen (secondary N) is 2. The van der Waals surface area contributed by atoms with Gasteiger partial charge in [0.1, 0.15) is 5.82 Å². The van der Waals surface area contributed by atoms with Crippen LogP contribution in [0.4, 0.5) is 4.39 Å². The first-order valence-electron chi connectivity index (χ1n) is 7.65. The van der Waals surface area contributed by atoms with Crippen LogP contribution in [0.3, 0.4) is 0 Å². The minimum absolute atomic E-state index is 0.0430. The Bertz CT molecular complexity index is 763. The molecule has 5 nitrogen and oxygen atoms in total. The first-order valence-corrected chi connectivity index (χ1v) is 8.44. The number of benzene rings is 2. The van der Waals surface area contributed by atoms with Gasteiger partial charge in [0.2, 0.25) is 0 Å². The maximum absolute atomic E-state index is 14.7. The van der Waals surface area contributed by atoms with Gasteiger partial charge >= 0.3 is 0 Å². The van der Waals surface area contributed by atoms with Crippen LogP contribution in [0.25, 0.3) is 10.8 Å². The Hall–Kier alpha value is -1.54. The number of carbonyl (C=O) groups is 1. The fourth-order valence-electron chi connectivity index (χ4n) is 2.79. The molecule has 0 spiro atoms. The van der Waals surface area contributed by atoms with Gasteiger partial charge in [0, 0.05) is 22.9 Å². The number of hydrogen-bond donors (Lipinski definition) is 3. The molecule has 128 valence electrons. The summed E-state index contributed by atoms with van der Waals surface area (Å²) in [6.45, 7) is 1.38. The Kier molecular flexibility index (Phi) is 5.15. The first-order chi connectivity index (χ1) is 11.6. The average Bonchev–Trinajstić information content (AvgIpc) is 2.61. The third-order valence-electron chi connectivity index (χ3n) is 4.18. The standard InChI is InChI=1S/C17H18BrFN2O3/c18-13-7-11-3-1-2-4-12(11)15(19)14(13)16(23)20-8-17(9-22)10-24-6-5-21-17/h1-4,7,21-22H,5-6,8-10H2,(H,20,23). The maximum Gasteiger partial charge on any atom is 0.255 e. The van der Waals surface area contributed by atoms with E-state index >= 15 is 0 Å². The Morgan fingerprint density at radius 2 is 2.25 bits per heavy atom. The highest BCUT2D eigenvalue weighted by Crippen LogP contribution is 2.28. The van der Waals surface area contributed by atoms with E-state index in [1.54, 1.807) is 24.3 Å². The molecule has 0 radical (unpaired) electrons. The predicted molar refractivity (Wildman–Crippen MR) is 92.6 cm³/mol. The molecule has 24 heavy (non-hydrogen) atoms. The van der Waals surface area contributed by atoms with E-state index in [4.69, 9.17) is 4.74 Å². The van der Waals surface area contributed by atoms with Crippen molar-refractivity contribution in [2.75, 3.05) is 32.9 Å². The van der Waals surface area contributed by atoms with Gasteiger partial charge < -0.3 is 20.5 Å². The number of aliphatic hydroxyl groups is 1. The van der Waals surface area contributed by atoms with E-state index in [9.17, 15) is 14.3 Å². The monoisotopic (exact) mass is 396 g/mol. The highest BCUT2D eigenvalue weighted by Gasteiger charge is 2.33. The second-order valence-electron chi connectivity index (χ2n) is 5.87. The molecule has 3 rings (SSSR count). The number of amides is 1. The fraction of sp³-hybridized carbons (Fsp3) is 0.353. The number of hydrogen-bond acceptors (Lipinski definition) is 4. The SMILES string of the molecule is O=C(NCC1(CO)COCCN1)c1c(Br)cc2ccccc2c1F. The predicted octanol–water partition coefficient (Wildman–Crippen LogP) is 1.82. The molecule has 1 heterocycles. The summed E-state index contributed by atoms with van der Waals surface area (Å²) in [5, 5.41) is 16.6. The molecule has 1 aliphatic rings. The van der Waals surface area contributed by atoms with E-state index in [2.05, 4.69) is 26.6 Å². The van der Waals surface area contributed by atoms with Crippen LogP contribution in [-0.4, -0.2) is 49.5 Å². The Labute approximate surface area is 147 Å². The summed E-state index contributed by atoms with van der Waals surface area (Å²) in [6.07, 6.45) is 0. The second kappa shape index (κ2) is 7.14. The van der Waals surface area contributed by atoms with Crippen LogP contribution >= 0.6 is 15.9 Å². The lowest BCUT2D eigenvalue weighted by Gasteiger charge is -2.36. The summed E-state index contributed by atoms with van der Waals surface area (Å²) in [7, 11) is 0. The second-order valence-corrected chi connectivity index (χ2v) is 6.72. The number of rotatable bonds is 4. The molecule has 0 aromatic heterocycles. The van der Waals surface area contributed by atoms with Crippen LogP contribution < -0.4 is 10.6 Å². The van der Waals surface area contributed by atoms with Gasteiger partial charge in [-0.1, -0.05) is 24.3 Å². The summed E-state index contributed by atoms with van der Waals surface area (Å²) < 4.78 is 20.5. The Morgan fingerprint density at radius 3 is 2.96 bits per heavy atom. The molecule has 1 amide bonds. The van der Waals surface area contributed by atoms with Crippen LogP contribution in [0.15, 0.2) is 34.8 Å². The van der Waals surface area contributed by atoms with Crippen LogP contribution in [0, 0.1) is 5.82 Å². The molecule has 0 bridgehead atoms. The van der Waals surface area contributed by atoms with Crippen molar-refractivity contribution in [3.63, 3.8) is 0 Å². The zero-order valence-electron chi connectivity index (χ0n) is 12.9. The van der Waals surface area contributed by atoms with Gasteiger partial charge in [-0.15, -0.1) is 0 Å². The van der Waals surface area contributed by atoms with Crippen molar-refractivity contribution in [3.8, 4) is 0 Å². The van der Waals surface area contributed by atoms with Gasteiger partial charge in [0.15, 0.2) is 0 Å². The van der Waals surface area contributed by atoms with Crippen molar-refractivity contribution in [3.05, 3.63) is 46.2 Å². The highest BCUT2D eigenvalue weighted by atomic mass is 79.9. The Balaban J connectivity index is 1.83. The van der Waals surface area contributed by atoms with Crippen LogP contribution in [0.1, 0.15) is 10.4 Å². The van der Waals surface area contributed by atoms with Crippen LogP contribution in [0.2, 0.25) is 0 Å². The number of fused-ring (bicyclic) bond motifs is 1. The minimum atomic E-state index is -0.742. The largest absolute Gasteiger partial charge is 0.394 e. The normalized spacial score (nSPS) is 21.0. The maximum atomic E-state index is 14.7. The van der Waals surface area contributed by atoms with Gasteiger partial charge in [0.25, 0.3) is 5.91 Å². The summed E-state index contributed by atoms with van der Waals surface area (Å²) in [4.78, 5) is 12.5. The van der Waals surface area contributed by atoms with E-state index in [0.29, 0.717) is 28.4 Å². The lowest BCUT2D eigenvalue weighted by atomic mass is 10.00. The van der Waals surface area contributed by atoms with Gasteiger partial charge in [-0.2, -0.15) is 0 Å². The zero-order chi connectivity index (χ0) is 17.2. The number of ether oxygens (including phenoxy) is 1. The van der Waals surface area contributed by atoms with Crippen molar-refractivity contribution < 1.29 is 19.0 Å². The highest BCUT2D eigenvalue weighted by molar-refractivity contribution is 9.10. The van der Waals surface area contributed by atoms with Crippen molar-refractivity contribution >= 4 is 32.6 Å². The lowest BCUT2D eigenvalue weighted by molar-refractivity contribution is 0.0000168. The fourth-order valence-corrected chi connectivity index (χ4v) is 3.40. The van der Waals surface area contributed by atoms with E-state index in [0.717, 1.165) is 0 Å². The number of carbonyl (C=O) groups excluding carboxylic acids is 1. The molecular formula is C17H18BrFN2O3. The molecule has 1 saturated heterocycles. The third kappa shape index (κ3) is 3.30. The minimum Gasteiger partial charge on any atom is -0.394 e. The number of aliphatic hydroxyl groups excluding tert-OH is 1. The molecule has 1 unspecified atom stereocenters. The molecule has 7 heteroatoms. The summed E-state index contributed by atoms with van der Waals surface area (Å²) in [6, 6.07) is 8.68.